The molecule has 0 radical (unpaired) electrons. The fraction of sp³-hybridized carbons (Fsp3) is 0.143. The van der Waals surface area contributed by atoms with Gasteiger partial charge in [0.1, 0.15) is 0 Å². The Hall–Kier alpha value is -1.99. The van der Waals surface area contributed by atoms with Crippen molar-refractivity contribution in [2.24, 2.45) is 5.73 Å². The number of aromatic nitrogens is 2. The van der Waals surface area contributed by atoms with Crippen LogP contribution in [0.5, 0.6) is 0 Å². The van der Waals surface area contributed by atoms with Gasteiger partial charge in [-0.3, -0.25) is 9.59 Å². The molecule has 1 aromatic heterocycles. The Kier molecular flexibility index (Phi) is 3.84. The molecule has 0 fully saturated rings. The van der Waals surface area contributed by atoms with Crippen LogP contribution in [0.15, 0.2) is 28.9 Å². The predicted molar refractivity (Wildman–Crippen MR) is 84.1 cm³/mol. The highest BCUT2D eigenvalue weighted by Crippen LogP contribution is 2.31. The maximum absolute atomic E-state index is 12.3. The zero-order valence-electron chi connectivity index (χ0n) is 11.2. The second-order valence-corrected chi connectivity index (χ2v) is 6.03. The van der Waals surface area contributed by atoms with Crippen LogP contribution in [-0.4, -0.2) is 33.2 Å². The number of hydrogen-bond donors (Lipinski definition) is 1. The first-order valence-corrected chi connectivity index (χ1v) is 7.51. The third-order valence-electron chi connectivity index (χ3n) is 3.32. The number of rotatable bonds is 3. The summed E-state index contributed by atoms with van der Waals surface area (Å²) in [4.78, 5) is 32.8. The molecular formula is C14H10BrClN4O2. The van der Waals surface area contributed by atoms with Gasteiger partial charge in [0, 0.05) is 23.9 Å². The van der Waals surface area contributed by atoms with Gasteiger partial charge in [-0.05, 0) is 39.2 Å². The number of carbonyl (C=O) groups excluding carboxylic acids is 2. The summed E-state index contributed by atoms with van der Waals surface area (Å²) in [6.07, 6.45) is 1.55. The molecule has 22 heavy (non-hydrogen) atoms. The minimum absolute atomic E-state index is 0.0914. The molecule has 0 aliphatic carbocycles. The Morgan fingerprint density at radius 3 is 2.95 bits per heavy atom. The van der Waals surface area contributed by atoms with Crippen LogP contribution in [0.25, 0.3) is 11.3 Å². The highest BCUT2D eigenvalue weighted by atomic mass is 79.9. The Labute approximate surface area is 139 Å². The number of nitrogens with zero attached hydrogens (tertiary/aromatic N) is 3. The lowest BCUT2D eigenvalue weighted by Crippen LogP contribution is -2.33. The van der Waals surface area contributed by atoms with Gasteiger partial charge in [-0.25, -0.2) is 9.97 Å². The first kappa shape index (κ1) is 14.9. The van der Waals surface area contributed by atoms with Crippen molar-refractivity contribution in [1.82, 2.24) is 14.9 Å². The summed E-state index contributed by atoms with van der Waals surface area (Å²) in [5, 5.41) is 0.125. The average molecular weight is 382 g/mol. The number of carbonyl (C=O) groups is 2. The maximum atomic E-state index is 12.3. The molecule has 0 saturated heterocycles. The molecular weight excluding hydrogens is 372 g/mol. The van der Waals surface area contributed by atoms with Gasteiger partial charge in [-0.2, -0.15) is 0 Å². The second-order valence-electron chi connectivity index (χ2n) is 4.84. The Bertz CT molecular complexity index is 796. The van der Waals surface area contributed by atoms with Crippen LogP contribution in [0.4, 0.5) is 0 Å². The number of nitrogens with two attached hydrogens (primary N) is 1. The predicted octanol–water partition coefficient (Wildman–Crippen LogP) is 2.00. The van der Waals surface area contributed by atoms with Crippen molar-refractivity contribution < 1.29 is 9.59 Å². The van der Waals surface area contributed by atoms with Crippen LogP contribution in [0.2, 0.25) is 5.28 Å². The summed E-state index contributed by atoms with van der Waals surface area (Å²) < 4.78 is 0.677. The molecule has 1 aliphatic rings. The Balaban J connectivity index is 2.00. The summed E-state index contributed by atoms with van der Waals surface area (Å²) in [6.45, 7) is 0.287. The van der Waals surface area contributed by atoms with Crippen molar-refractivity contribution in [1.29, 1.82) is 0 Å². The van der Waals surface area contributed by atoms with E-state index in [0.717, 1.165) is 11.1 Å². The summed E-state index contributed by atoms with van der Waals surface area (Å²) in [5.41, 5.74) is 7.89. The van der Waals surface area contributed by atoms with Crippen LogP contribution in [0, 0.1) is 0 Å². The highest BCUT2D eigenvalue weighted by molar-refractivity contribution is 9.10. The van der Waals surface area contributed by atoms with Crippen LogP contribution >= 0.6 is 27.5 Å². The van der Waals surface area contributed by atoms with E-state index < -0.39 is 5.91 Å². The molecule has 1 aromatic carbocycles. The topological polar surface area (TPSA) is 89.2 Å². The second kappa shape index (κ2) is 5.66. The largest absolute Gasteiger partial charge is 0.368 e. The molecule has 112 valence electrons. The van der Waals surface area contributed by atoms with Gasteiger partial charge < -0.3 is 10.6 Å². The number of fused-ring (bicyclic) bond motifs is 1. The molecule has 6 nitrogen and oxygen atoms in total. The van der Waals surface area contributed by atoms with E-state index in [1.807, 2.05) is 12.1 Å². The SMILES string of the molecule is NC(=O)CN1Cc2ccc(-c3nc(Cl)ncc3Br)cc2C1=O. The molecule has 2 N–H and O–H groups in total. The molecule has 1 aliphatic heterocycles. The third-order valence-corrected chi connectivity index (χ3v) is 4.09. The van der Waals surface area contributed by atoms with E-state index in [1.165, 1.54) is 4.90 Å². The fourth-order valence-electron chi connectivity index (χ4n) is 2.37. The lowest BCUT2D eigenvalue weighted by atomic mass is 10.0. The number of hydrogen-bond acceptors (Lipinski definition) is 4. The lowest BCUT2D eigenvalue weighted by molar-refractivity contribution is -0.118. The fourth-order valence-corrected chi connectivity index (χ4v) is 2.93. The molecule has 2 heterocycles. The van der Waals surface area contributed by atoms with E-state index in [-0.39, 0.29) is 17.7 Å². The summed E-state index contributed by atoms with van der Waals surface area (Å²) in [5.74, 6) is -0.751. The van der Waals surface area contributed by atoms with Gasteiger partial charge in [0.25, 0.3) is 5.91 Å². The molecule has 3 rings (SSSR count). The maximum Gasteiger partial charge on any atom is 0.254 e. The van der Waals surface area contributed by atoms with Gasteiger partial charge in [-0.15, -0.1) is 0 Å². The van der Waals surface area contributed by atoms with Crippen molar-refractivity contribution in [2.75, 3.05) is 6.54 Å². The number of amides is 2. The molecule has 2 aromatic rings. The summed E-state index contributed by atoms with van der Waals surface area (Å²) in [6, 6.07) is 5.43. The van der Waals surface area contributed by atoms with Gasteiger partial charge in [0.05, 0.1) is 16.7 Å². The number of benzene rings is 1. The van der Waals surface area contributed by atoms with E-state index in [0.29, 0.717) is 22.3 Å². The van der Waals surface area contributed by atoms with Crippen molar-refractivity contribution in [2.45, 2.75) is 6.54 Å². The minimum atomic E-state index is -0.535. The Morgan fingerprint density at radius 1 is 1.45 bits per heavy atom. The Morgan fingerprint density at radius 2 is 2.23 bits per heavy atom. The van der Waals surface area contributed by atoms with Gasteiger partial charge in [0.15, 0.2) is 0 Å². The zero-order valence-corrected chi connectivity index (χ0v) is 13.6. The molecule has 0 unspecified atom stereocenters. The van der Waals surface area contributed by atoms with E-state index in [9.17, 15) is 9.59 Å². The van der Waals surface area contributed by atoms with Crippen LogP contribution in [-0.2, 0) is 11.3 Å². The molecule has 0 bridgehead atoms. The quantitative estimate of drug-likeness (QED) is 0.824. The smallest absolute Gasteiger partial charge is 0.254 e. The first-order chi connectivity index (χ1) is 10.5. The molecule has 0 atom stereocenters. The monoisotopic (exact) mass is 380 g/mol. The van der Waals surface area contributed by atoms with E-state index >= 15 is 0 Å². The van der Waals surface area contributed by atoms with Crippen molar-refractivity contribution in [3.8, 4) is 11.3 Å². The summed E-state index contributed by atoms with van der Waals surface area (Å²) >= 11 is 9.19. The standard InChI is InChI=1S/C14H10BrClN4O2/c15-10-4-18-14(16)19-12(10)7-1-2-8-5-20(6-11(17)21)13(22)9(8)3-7/h1-4H,5-6H2,(H2,17,21). The van der Waals surface area contributed by atoms with Crippen LogP contribution in [0.3, 0.4) is 0 Å². The van der Waals surface area contributed by atoms with E-state index in [2.05, 4.69) is 25.9 Å². The average Bonchev–Trinajstić information content (AvgIpc) is 2.77. The lowest BCUT2D eigenvalue weighted by Gasteiger charge is -2.12. The van der Waals surface area contributed by atoms with Crippen LogP contribution in [0.1, 0.15) is 15.9 Å². The van der Waals surface area contributed by atoms with Crippen molar-refractivity contribution in [3.05, 3.63) is 45.3 Å². The summed E-state index contributed by atoms with van der Waals surface area (Å²) in [7, 11) is 0. The van der Waals surface area contributed by atoms with E-state index in [1.54, 1.807) is 12.3 Å². The van der Waals surface area contributed by atoms with E-state index in [4.69, 9.17) is 17.3 Å². The molecule has 0 spiro atoms. The normalized spacial score (nSPS) is 13.4. The molecule has 0 saturated carbocycles. The molecule has 2 amide bonds. The van der Waals surface area contributed by atoms with Gasteiger partial charge in [0.2, 0.25) is 11.2 Å². The van der Waals surface area contributed by atoms with Gasteiger partial charge in [-0.1, -0.05) is 12.1 Å². The number of primary amides is 1. The highest BCUT2D eigenvalue weighted by Gasteiger charge is 2.28. The minimum Gasteiger partial charge on any atom is -0.368 e. The molecule has 8 heteroatoms. The van der Waals surface area contributed by atoms with Crippen LogP contribution < -0.4 is 5.73 Å². The van der Waals surface area contributed by atoms with Crippen molar-refractivity contribution in [3.63, 3.8) is 0 Å². The van der Waals surface area contributed by atoms with Gasteiger partial charge >= 0.3 is 0 Å². The third kappa shape index (κ3) is 2.69. The van der Waals surface area contributed by atoms with Crippen molar-refractivity contribution >= 4 is 39.3 Å². The first-order valence-electron chi connectivity index (χ1n) is 6.34. The number of halogens is 2. The zero-order chi connectivity index (χ0) is 15.9.